The summed E-state index contributed by atoms with van der Waals surface area (Å²) in [6, 6.07) is 5.84. The van der Waals surface area contributed by atoms with E-state index in [0.717, 1.165) is 33.2 Å². The maximum absolute atomic E-state index is 12.8. The molecule has 1 aliphatic rings. The van der Waals surface area contributed by atoms with Crippen molar-refractivity contribution in [3.63, 3.8) is 0 Å². The molecule has 0 amide bonds. The molecule has 1 aliphatic heterocycles. The van der Waals surface area contributed by atoms with Gasteiger partial charge in [0.2, 0.25) is 0 Å². The number of rotatable bonds is 1. The lowest BCUT2D eigenvalue weighted by atomic mass is 10.2. The Morgan fingerprint density at radius 2 is 2.23 bits per heavy atom. The highest BCUT2D eigenvalue weighted by atomic mass is 79.9. The van der Waals surface area contributed by atoms with Crippen LogP contribution in [-0.2, 0) is 19.5 Å². The quantitative estimate of drug-likeness (QED) is 0.668. The molecule has 1 atom stereocenters. The van der Waals surface area contributed by atoms with E-state index >= 15 is 0 Å². The second kappa shape index (κ2) is 4.81. The molecule has 0 fully saturated rings. The van der Waals surface area contributed by atoms with Gasteiger partial charge in [0, 0.05) is 4.47 Å². The van der Waals surface area contributed by atoms with E-state index < -0.39 is 0 Å². The molecular formula is C15H16BrN5O. The summed E-state index contributed by atoms with van der Waals surface area (Å²) in [6.45, 7) is 5.42. The number of hydrogen-bond acceptors (Lipinski definition) is 3. The lowest BCUT2D eigenvalue weighted by Crippen LogP contribution is -2.26. The number of aryl methyl sites for hydroxylation is 1. The highest BCUT2D eigenvalue weighted by Crippen LogP contribution is 2.24. The lowest BCUT2D eigenvalue weighted by molar-refractivity contribution is 0.376. The predicted octanol–water partition coefficient (Wildman–Crippen LogP) is 2.34. The number of nitrogens with zero attached hydrogens (tertiary/aromatic N) is 5. The summed E-state index contributed by atoms with van der Waals surface area (Å²) in [7, 11) is 0. The first kappa shape index (κ1) is 13.8. The first-order valence-electron chi connectivity index (χ1n) is 7.42. The van der Waals surface area contributed by atoms with Crippen LogP contribution < -0.4 is 5.56 Å². The molecule has 22 heavy (non-hydrogen) atoms. The Kier molecular flexibility index (Phi) is 3.00. The Labute approximate surface area is 135 Å². The minimum atomic E-state index is 0.0336. The molecule has 0 bridgehead atoms. The van der Waals surface area contributed by atoms with Gasteiger partial charge in [0.1, 0.15) is 0 Å². The number of aromatic nitrogens is 5. The second-order valence-corrected chi connectivity index (χ2v) is 6.65. The van der Waals surface area contributed by atoms with Crippen LogP contribution in [0.25, 0.3) is 10.9 Å². The van der Waals surface area contributed by atoms with Crippen molar-refractivity contribution in [2.24, 2.45) is 0 Å². The van der Waals surface area contributed by atoms with Crippen molar-refractivity contribution in [1.29, 1.82) is 0 Å². The molecule has 0 unspecified atom stereocenters. The molecule has 3 heterocycles. The van der Waals surface area contributed by atoms with Crippen LogP contribution in [0.1, 0.15) is 31.3 Å². The maximum atomic E-state index is 12.8. The van der Waals surface area contributed by atoms with Gasteiger partial charge in [-0.2, -0.15) is 0 Å². The fourth-order valence-electron chi connectivity index (χ4n) is 3.28. The number of halogens is 1. The Bertz CT molecular complexity index is 935. The maximum Gasteiger partial charge on any atom is 0.274 e. The molecule has 0 saturated heterocycles. The molecule has 6 nitrogen and oxygen atoms in total. The normalized spacial score (nSPS) is 17.3. The summed E-state index contributed by atoms with van der Waals surface area (Å²) in [6.07, 6.45) is 0.844. The number of fused-ring (bicyclic) bond motifs is 4. The van der Waals surface area contributed by atoms with Crippen molar-refractivity contribution in [2.75, 3.05) is 0 Å². The van der Waals surface area contributed by atoms with Gasteiger partial charge in [-0.1, -0.05) is 28.1 Å². The van der Waals surface area contributed by atoms with Gasteiger partial charge in [0.25, 0.3) is 5.56 Å². The molecule has 4 rings (SSSR count). The number of hydrogen-bond donors (Lipinski definition) is 0. The lowest BCUT2D eigenvalue weighted by Gasteiger charge is -2.14. The van der Waals surface area contributed by atoms with Gasteiger partial charge in [-0.3, -0.25) is 9.48 Å². The van der Waals surface area contributed by atoms with Crippen molar-refractivity contribution >= 4 is 26.8 Å². The Morgan fingerprint density at radius 1 is 1.41 bits per heavy atom. The first-order valence-corrected chi connectivity index (χ1v) is 8.21. The molecule has 0 N–H and O–H groups in total. The third-order valence-corrected chi connectivity index (χ3v) is 4.84. The molecule has 0 spiro atoms. The van der Waals surface area contributed by atoms with Crippen LogP contribution in [0.5, 0.6) is 0 Å². The standard InChI is InChI=1S/C15H16BrN5O/c1-3-12-14-8-20-13-6-10(16)4-5-11(13)15(22)21(20)9(2)7-19(14)18-17-12/h4-6,9H,3,7-8H2,1-2H3/t9-/m0/s1. The summed E-state index contributed by atoms with van der Waals surface area (Å²) in [5.41, 5.74) is 3.11. The van der Waals surface area contributed by atoms with Crippen LogP contribution in [-0.4, -0.2) is 24.4 Å². The van der Waals surface area contributed by atoms with E-state index in [1.54, 1.807) is 0 Å². The smallest absolute Gasteiger partial charge is 0.274 e. The van der Waals surface area contributed by atoms with E-state index in [0.29, 0.717) is 13.1 Å². The zero-order valence-corrected chi connectivity index (χ0v) is 14.0. The van der Waals surface area contributed by atoms with Crippen LogP contribution in [0.4, 0.5) is 0 Å². The SMILES string of the molecule is CCc1nnn2c1Cn1c3cc(Br)ccc3c(=O)n1[C@@H](C)C2. The van der Waals surface area contributed by atoms with Gasteiger partial charge in [0.05, 0.1) is 41.4 Å². The van der Waals surface area contributed by atoms with Crippen molar-refractivity contribution in [3.8, 4) is 0 Å². The second-order valence-electron chi connectivity index (χ2n) is 5.74. The zero-order chi connectivity index (χ0) is 15.4. The fraction of sp³-hybridized carbons (Fsp3) is 0.400. The van der Waals surface area contributed by atoms with Gasteiger partial charge in [-0.15, -0.1) is 5.10 Å². The van der Waals surface area contributed by atoms with Crippen LogP contribution >= 0.6 is 15.9 Å². The van der Waals surface area contributed by atoms with Gasteiger partial charge < -0.3 is 0 Å². The van der Waals surface area contributed by atoms with E-state index in [4.69, 9.17) is 0 Å². The molecule has 0 saturated carbocycles. The van der Waals surface area contributed by atoms with Crippen LogP contribution in [0, 0.1) is 0 Å². The van der Waals surface area contributed by atoms with Crippen LogP contribution in [0.3, 0.4) is 0 Å². The molecule has 1 aromatic carbocycles. The fourth-order valence-corrected chi connectivity index (χ4v) is 3.63. The molecular weight excluding hydrogens is 346 g/mol. The predicted molar refractivity (Wildman–Crippen MR) is 87.1 cm³/mol. The summed E-state index contributed by atoms with van der Waals surface area (Å²) in [4.78, 5) is 12.8. The minimum absolute atomic E-state index is 0.0336. The highest BCUT2D eigenvalue weighted by molar-refractivity contribution is 9.10. The molecule has 3 aromatic rings. The van der Waals surface area contributed by atoms with E-state index in [9.17, 15) is 4.79 Å². The topological polar surface area (TPSA) is 57.6 Å². The van der Waals surface area contributed by atoms with Crippen molar-refractivity contribution < 1.29 is 0 Å². The average Bonchev–Trinajstić information content (AvgIpc) is 2.94. The summed E-state index contributed by atoms with van der Waals surface area (Å²) < 4.78 is 6.83. The van der Waals surface area contributed by atoms with Crippen molar-refractivity contribution in [3.05, 3.63) is 44.4 Å². The Balaban J connectivity index is 2.04. The minimum Gasteiger partial charge on any atom is -0.276 e. The molecule has 0 radical (unpaired) electrons. The van der Waals surface area contributed by atoms with E-state index in [1.807, 2.05) is 34.5 Å². The van der Waals surface area contributed by atoms with Crippen LogP contribution in [0.2, 0.25) is 0 Å². The number of benzene rings is 1. The summed E-state index contributed by atoms with van der Waals surface area (Å²) in [5.74, 6) is 0. The van der Waals surface area contributed by atoms with Gasteiger partial charge in [-0.05, 0) is 31.5 Å². The van der Waals surface area contributed by atoms with E-state index in [1.165, 1.54) is 0 Å². The zero-order valence-electron chi connectivity index (χ0n) is 12.5. The third kappa shape index (κ3) is 1.81. The Morgan fingerprint density at radius 3 is 3.00 bits per heavy atom. The monoisotopic (exact) mass is 361 g/mol. The molecule has 0 aliphatic carbocycles. The molecule has 7 heteroatoms. The van der Waals surface area contributed by atoms with Gasteiger partial charge in [0.15, 0.2) is 0 Å². The first-order chi connectivity index (χ1) is 10.6. The Hall–Kier alpha value is -1.89. The molecule has 2 aromatic heterocycles. The van der Waals surface area contributed by atoms with Crippen LogP contribution in [0.15, 0.2) is 27.5 Å². The largest absolute Gasteiger partial charge is 0.276 e. The summed E-state index contributed by atoms with van der Waals surface area (Å²) >= 11 is 3.50. The highest BCUT2D eigenvalue weighted by Gasteiger charge is 2.25. The molecule has 114 valence electrons. The summed E-state index contributed by atoms with van der Waals surface area (Å²) in [5, 5.41) is 9.29. The van der Waals surface area contributed by atoms with Gasteiger partial charge >= 0.3 is 0 Å². The van der Waals surface area contributed by atoms with Crippen molar-refractivity contribution in [1.82, 2.24) is 24.4 Å². The van der Waals surface area contributed by atoms with Gasteiger partial charge in [-0.25, -0.2) is 9.36 Å². The van der Waals surface area contributed by atoms with Crippen molar-refractivity contribution in [2.45, 2.75) is 39.4 Å². The third-order valence-electron chi connectivity index (χ3n) is 4.34. The average molecular weight is 362 g/mol. The van der Waals surface area contributed by atoms with E-state index in [2.05, 4.69) is 37.8 Å². The van der Waals surface area contributed by atoms with E-state index in [-0.39, 0.29) is 11.6 Å².